The Labute approximate surface area is 258 Å². The van der Waals surface area contributed by atoms with E-state index in [-0.39, 0.29) is 24.1 Å². The number of nitrogens with two attached hydrogens (primary N) is 1. The van der Waals surface area contributed by atoms with Crippen molar-refractivity contribution in [2.75, 3.05) is 12.3 Å². The lowest BCUT2D eigenvalue weighted by atomic mass is 9.84. The lowest BCUT2D eigenvalue weighted by molar-refractivity contribution is -0.143. The Kier molecular flexibility index (Phi) is 12.7. The van der Waals surface area contributed by atoms with Crippen LogP contribution in [0.5, 0.6) is 0 Å². The molecular weight excluding hydrogens is 574 g/mol. The maximum Gasteiger partial charge on any atom is 0.326 e. The van der Waals surface area contributed by atoms with Crippen LogP contribution in [-0.2, 0) is 24.0 Å². The summed E-state index contributed by atoms with van der Waals surface area (Å²) in [6.07, 6.45) is 2.94. The van der Waals surface area contributed by atoms with E-state index in [0.29, 0.717) is 18.1 Å². The number of urea groups is 1. The normalized spacial score (nSPS) is 21.3. The Morgan fingerprint density at radius 1 is 1.02 bits per heavy atom. The molecule has 6 atom stereocenters. The molecule has 6 N–H and O–H groups in total. The van der Waals surface area contributed by atoms with E-state index in [1.165, 1.54) is 16.7 Å². The molecule has 0 radical (unpaired) electrons. The van der Waals surface area contributed by atoms with Crippen molar-refractivity contribution in [2.24, 2.45) is 28.9 Å². The Morgan fingerprint density at radius 3 is 2.09 bits per heavy atom. The highest BCUT2D eigenvalue weighted by Gasteiger charge is 2.48. The SMILES string of the molecule is C=C(C(C)C)[C@H]1CCN(C(=O)[C@@H](NC(=O)NC(C(=O)O)[C@@H](C)CC)C(C)(C)C)[C@@H]1C(=O)NC(CSC1CC1)C(=O)C(N)=O. The van der Waals surface area contributed by atoms with Crippen LogP contribution in [0.4, 0.5) is 4.79 Å². The number of Topliss-reactive ketones (excluding diaryl/α,β-unsaturated/α-hetero) is 1. The first-order valence-electron chi connectivity index (χ1n) is 14.9. The van der Waals surface area contributed by atoms with Crippen LogP contribution in [-0.4, -0.2) is 87.2 Å². The number of carbonyl (C=O) groups is 6. The van der Waals surface area contributed by atoms with Crippen molar-refractivity contribution in [3.63, 3.8) is 0 Å². The number of carboxylic acids is 1. The van der Waals surface area contributed by atoms with Gasteiger partial charge in [-0.15, -0.1) is 0 Å². The topological polar surface area (TPSA) is 188 Å². The number of likely N-dealkylation sites (tertiary alicyclic amines) is 1. The van der Waals surface area contributed by atoms with Crippen LogP contribution < -0.4 is 21.7 Å². The van der Waals surface area contributed by atoms with E-state index in [2.05, 4.69) is 22.5 Å². The highest BCUT2D eigenvalue weighted by molar-refractivity contribution is 8.00. The molecule has 0 bridgehead atoms. The zero-order valence-corrected chi connectivity index (χ0v) is 27.2. The predicted molar refractivity (Wildman–Crippen MR) is 165 cm³/mol. The van der Waals surface area contributed by atoms with Gasteiger partial charge in [-0.2, -0.15) is 11.8 Å². The van der Waals surface area contributed by atoms with E-state index in [1.807, 2.05) is 20.8 Å². The summed E-state index contributed by atoms with van der Waals surface area (Å²) in [5.74, 6) is -4.97. The zero-order chi connectivity index (χ0) is 32.8. The molecule has 1 saturated heterocycles. The van der Waals surface area contributed by atoms with Crippen LogP contribution in [0.3, 0.4) is 0 Å². The fourth-order valence-electron chi connectivity index (χ4n) is 5.07. The van der Waals surface area contributed by atoms with Crippen molar-refractivity contribution in [1.82, 2.24) is 20.9 Å². The molecule has 1 aliphatic heterocycles. The third-order valence-corrected chi connectivity index (χ3v) is 9.69. The molecule has 13 heteroatoms. The average molecular weight is 624 g/mol. The van der Waals surface area contributed by atoms with Gasteiger partial charge in [0.1, 0.15) is 24.2 Å². The van der Waals surface area contributed by atoms with E-state index in [4.69, 9.17) is 5.73 Å². The fraction of sp³-hybridized carbons (Fsp3) is 0.733. The maximum absolute atomic E-state index is 14.2. The highest BCUT2D eigenvalue weighted by atomic mass is 32.2. The second kappa shape index (κ2) is 15.1. The van der Waals surface area contributed by atoms with E-state index in [0.717, 1.165) is 18.4 Å². The molecule has 2 unspecified atom stereocenters. The third-order valence-electron chi connectivity index (χ3n) is 8.22. The maximum atomic E-state index is 14.2. The van der Waals surface area contributed by atoms with Gasteiger partial charge in [0.25, 0.3) is 5.91 Å². The number of carbonyl (C=O) groups excluding carboxylic acids is 5. The van der Waals surface area contributed by atoms with Crippen LogP contribution in [0.2, 0.25) is 0 Å². The molecule has 0 aromatic carbocycles. The van der Waals surface area contributed by atoms with Gasteiger partial charge in [0.15, 0.2) is 0 Å². The average Bonchev–Trinajstić information content (AvgIpc) is 3.65. The van der Waals surface area contributed by atoms with Gasteiger partial charge >= 0.3 is 12.0 Å². The minimum absolute atomic E-state index is 0.000328. The second-order valence-corrected chi connectivity index (χ2v) is 14.4. The van der Waals surface area contributed by atoms with E-state index in [9.17, 15) is 33.9 Å². The van der Waals surface area contributed by atoms with E-state index < -0.39 is 71.0 Å². The summed E-state index contributed by atoms with van der Waals surface area (Å²) < 4.78 is 0. The first-order valence-corrected chi connectivity index (χ1v) is 16.0. The molecule has 0 spiro atoms. The predicted octanol–water partition coefficient (Wildman–Crippen LogP) is 2.06. The number of nitrogens with zero attached hydrogens (tertiary/aromatic N) is 1. The summed E-state index contributed by atoms with van der Waals surface area (Å²) >= 11 is 1.49. The molecule has 2 aliphatic rings. The van der Waals surface area contributed by atoms with Gasteiger partial charge in [-0.25, -0.2) is 9.59 Å². The summed E-state index contributed by atoms with van der Waals surface area (Å²) in [7, 11) is 0. The third kappa shape index (κ3) is 9.70. The molecular formula is C30H49N5O7S. The Hall–Kier alpha value is -3.09. The molecule has 242 valence electrons. The Morgan fingerprint density at radius 2 is 1.63 bits per heavy atom. The minimum Gasteiger partial charge on any atom is -0.480 e. The summed E-state index contributed by atoms with van der Waals surface area (Å²) in [5, 5.41) is 17.8. The number of aliphatic carboxylic acids is 1. The van der Waals surface area contributed by atoms with Crippen molar-refractivity contribution >= 4 is 47.3 Å². The number of hydrogen-bond donors (Lipinski definition) is 5. The molecule has 5 amide bonds. The van der Waals surface area contributed by atoms with Crippen LogP contribution >= 0.6 is 11.8 Å². The van der Waals surface area contributed by atoms with Crippen molar-refractivity contribution in [1.29, 1.82) is 0 Å². The standard InChI is InChI=1S/C30H49N5O7S/c1-9-16(4)21(28(40)41)33-29(42)34-24(30(6,7)8)27(39)35-13-12-19(17(5)15(2)3)22(35)26(38)32-20(23(36)25(31)37)14-43-18-10-11-18/h15-16,18-22,24H,5,9-14H2,1-4,6-8H3,(H2,31,37)(H,32,38)(H,40,41)(H2,33,34,42)/t16-,19+,20?,21?,22-,24+/m0/s1. The van der Waals surface area contributed by atoms with Crippen LogP contribution in [0.1, 0.15) is 74.1 Å². The number of amides is 5. The summed E-state index contributed by atoms with van der Waals surface area (Å²) in [6, 6.07) is -5.27. The second-order valence-electron chi connectivity index (χ2n) is 13.0. The van der Waals surface area contributed by atoms with Gasteiger partial charge in [0, 0.05) is 23.5 Å². The van der Waals surface area contributed by atoms with Gasteiger partial charge in [0.05, 0.1) is 0 Å². The summed E-state index contributed by atoms with van der Waals surface area (Å²) in [5.41, 5.74) is 5.23. The van der Waals surface area contributed by atoms with Crippen molar-refractivity contribution in [3.05, 3.63) is 12.2 Å². The molecule has 0 aromatic heterocycles. The Balaban J connectivity index is 2.38. The number of primary amides is 1. The number of ketones is 1. The molecule has 2 rings (SSSR count). The first kappa shape index (κ1) is 36.1. The molecule has 43 heavy (non-hydrogen) atoms. The number of rotatable bonds is 15. The molecule has 2 fully saturated rings. The number of carboxylic acid groups (broad SMARTS) is 1. The largest absolute Gasteiger partial charge is 0.480 e. The molecule has 0 aromatic rings. The monoisotopic (exact) mass is 623 g/mol. The summed E-state index contributed by atoms with van der Waals surface area (Å²) in [4.78, 5) is 78.6. The lowest BCUT2D eigenvalue weighted by Gasteiger charge is -2.37. The van der Waals surface area contributed by atoms with E-state index in [1.54, 1.807) is 27.7 Å². The lowest BCUT2D eigenvalue weighted by Crippen LogP contribution is -2.62. The van der Waals surface area contributed by atoms with Crippen LogP contribution in [0, 0.1) is 23.2 Å². The van der Waals surface area contributed by atoms with Gasteiger partial charge in [-0.3, -0.25) is 19.2 Å². The van der Waals surface area contributed by atoms with Crippen LogP contribution in [0.15, 0.2) is 12.2 Å². The molecule has 1 heterocycles. The van der Waals surface area contributed by atoms with E-state index >= 15 is 0 Å². The molecule has 1 saturated carbocycles. The summed E-state index contributed by atoms with van der Waals surface area (Å²) in [6.45, 7) is 17.0. The number of thioether (sulfide) groups is 1. The van der Waals surface area contributed by atoms with Crippen molar-refractivity contribution in [2.45, 2.75) is 104 Å². The molecule has 12 nitrogen and oxygen atoms in total. The quantitative estimate of drug-likeness (QED) is 0.135. The van der Waals surface area contributed by atoms with Gasteiger partial charge in [0.2, 0.25) is 17.6 Å². The molecule has 1 aliphatic carbocycles. The Bertz CT molecular complexity index is 1100. The van der Waals surface area contributed by atoms with Crippen LogP contribution in [0.25, 0.3) is 0 Å². The fourth-order valence-corrected chi connectivity index (χ4v) is 6.24. The zero-order valence-electron chi connectivity index (χ0n) is 26.4. The number of nitrogens with one attached hydrogen (secondary N) is 3. The minimum atomic E-state index is -1.19. The van der Waals surface area contributed by atoms with Gasteiger partial charge in [-0.1, -0.05) is 67.0 Å². The van der Waals surface area contributed by atoms with Gasteiger partial charge in [-0.05, 0) is 36.5 Å². The number of hydrogen-bond acceptors (Lipinski definition) is 7. The highest BCUT2D eigenvalue weighted by Crippen LogP contribution is 2.36. The van der Waals surface area contributed by atoms with Crippen molar-refractivity contribution < 1.29 is 33.9 Å². The first-order chi connectivity index (χ1) is 19.9. The smallest absolute Gasteiger partial charge is 0.326 e. The van der Waals surface area contributed by atoms with Crippen molar-refractivity contribution in [3.8, 4) is 0 Å². The van der Waals surface area contributed by atoms with Gasteiger partial charge < -0.3 is 31.7 Å².